The number of anilines is 1. The second-order valence-corrected chi connectivity index (χ2v) is 14.4. The van der Waals surface area contributed by atoms with Crippen LogP contribution in [0.3, 0.4) is 0 Å². The van der Waals surface area contributed by atoms with Crippen molar-refractivity contribution in [1.29, 1.82) is 5.26 Å². The van der Waals surface area contributed by atoms with E-state index in [1.165, 1.54) is 18.3 Å². The molecule has 0 amide bonds. The Labute approximate surface area is 269 Å². The molecule has 0 spiro atoms. The SMILES string of the molecule is C=Nc1sc2c(F)ccc(-c3ncc4c(NCC5(N(C)C)CCC5)nc(OCC5(CN6CC7OC[C@H]76)CC5)nc4c3F)c2c1C#N. The summed E-state index contributed by atoms with van der Waals surface area (Å²) >= 11 is 0.999. The number of likely N-dealkylation sites (N-methyl/N-ethyl adjacent to an activating group) is 1. The second kappa shape index (κ2) is 10.9. The van der Waals surface area contributed by atoms with Gasteiger partial charge in [0.15, 0.2) is 5.82 Å². The molecule has 1 N–H and O–H groups in total. The van der Waals surface area contributed by atoms with Gasteiger partial charge in [-0.1, -0.05) is 0 Å². The van der Waals surface area contributed by atoms with Crippen molar-refractivity contribution in [3.8, 4) is 23.3 Å². The zero-order valence-electron chi connectivity index (χ0n) is 25.8. The van der Waals surface area contributed by atoms with E-state index in [0.29, 0.717) is 36.5 Å². The van der Waals surface area contributed by atoms with Crippen molar-refractivity contribution in [2.45, 2.75) is 49.8 Å². The Morgan fingerprint density at radius 3 is 2.70 bits per heavy atom. The maximum absolute atomic E-state index is 16.7. The van der Waals surface area contributed by atoms with E-state index in [9.17, 15) is 9.65 Å². The van der Waals surface area contributed by atoms with Crippen LogP contribution in [0.5, 0.6) is 6.01 Å². The van der Waals surface area contributed by atoms with Crippen molar-refractivity contribution in [3.05, 3.63) is 35.5 Å². The highest BCUT2D eigenvalue weighted by molar-refractivity contribution is 7.23. The summed E-state index contributed by atoms with van der Waals surface area (Å²) in [6.07, 6.45) is 7.26. The van der Waals surface area contributed by atoms with Crippen molar-refractivity contribution in [2.24, 2.45) is 10.4 Å². The molecule has 2 saturated carbocycles. The number of hydrogen-bond donors (Lipinski definition) is 1. The van der Waals surface area contributed by atoms with E-state index in [-0.39, 0.29) is 54.4 Å². The Balaban J connectivity index is 1.18. The number of fused-ring (bicyclic) bond motifs is 3. The van der Waals surface area contributed by atoms with Gasteiger partial charge in [-0.3, -0.25) is 14.9 Å². The van der Waals surface area contributed by atoms with E-state index in [2.05, 4.69) is 57.0 Å². The Hall–Kier alpha value is -3.83. The molecule has 5 heterocycles. The summed E-state index contributed by atoms with van der Waals surface area (Å²) in [6.45, 7) is 7.27. The third-order valence-electron chi connectivity index (χ3n) is 10.6. The van der Waals surface area contributed by atoms with Gasteiger partial charge in [-0.25, -0.2) is 8.78 Å². The highest BCUT2D eigenvalue weighted by Crippen LogP contribution is 2.49. The number of likely N-dealkylation sites (tertiary alicyclic amines) is 1. The number of thiophene rings is 1. The molecular formula is C33H34F2N8O2S. The molecule has 4 aromatic rings. The molecule has 8 rings (SSSR count). The lowest BCUT2D eigenvalue weighted by Crippen LogP contribution is -2.71. The number of nitrogens with one attached hydrogen (secondary N) is 1. The molecule has 0 radical (unpaired) electrons. The smallest absolute Gasteiger partial charge is 0.319 e. The van der Waals surface area contributed by atoms with Gasteiger partial charge in [0.25, 0.3) is 0 Å². The molecule has 2 aliphatic carbocycles. The van der Waals surface area contributed by atoms with Crippen LogP contribution < -0.4 is 10.1 Å². The molecule has 10 nitrogen and oxygen atoms in total. The molecule has 1 unspecified atom stereocenters. The zero-order valence-corrected chi connectivity index (χ0v) is 26.6. The molecule has 238 valence electrons. The lowest BCUT2D eigenvalue weighted by Gasteiger charge is -2.55. The van der Waals surface area contributed by atoms with E-state index in [1.54, 1.807) is 0 Å². The summed E-state index contributed by atoms with van der Waals surface area (Å²) < 4.78 is 43.6. The largest absolute Gasteiger partial charge is 0.463 e. The first-order chi connectivity index (χ1) is 22.2. The first-order valence-electron chi connectivity index (χ1n) is 15.6. The number of nitrogens with zero attached hydrogens (tertiary/aromatic N) is 7. The molecule has 4 aliphatic rings. The first-order valence-corrected chi connectivity index (χ1v) is 16.4. The number of ether oxygens (including phenoxy) is 2. The van der Waals surface area contributed by atoms with Crippen LogP contribution in [-0.2, 0) is 4.74 Å². The molecular weight excluding hydrogens is 610 g/mol. The predicted octanol–water partition coefficient (Wildman–Crippen LogP) is 5.53. The summed E-state index contributed by atoms with van der Waals surface area (Å²) in [5.74, 6) is -0.782. The Morgan fingerprint density at radius 2 is 2.09 bits per heavy atom. The van der Waals surface area contributed by atoms with Crippen LogP contribution in [0.15, 0.2) is 23.3 Å². The maximum atomic E-state index is 16.7. The summed E-state index contributed by atoms with van der Waals surface area (Å²) in [4.78, 5) is 22.4. The second-order valence-electron chi connectivity index (χ2n) is 13.4. The van der Waals surface area contributed by atoms with Crippen LogP contribution in [0, 0.1) is 28.4 Å². The lowest BCUT2D eigenvalue weighted by atomic mass is 9.75. The minimum Gasteiger partial charge on any atom is -0.463 e. The number of nitriles is 1. The molecule has 1 aromatic carbocycles. The molecule has 3 aromatic heterocycles. The molecule has 2 saturated heterocycles. The number of pyridine rings is 1. The highest BCUT2D eigenvalue weighted by Gasteiger charge is 2.53. The van der Waals surface area contributed by atoms with E-state index in [0.717, 1.165) is 63.1 Å². The van der Waals surface area contributed by atoms with Crippen molar-refractivity contribution in [2.75, 3.05) is 52.3 Å². The number of aliphatic imine (C=N–C) groups is 1. The summed E-state index contributed by atoms with van der Waals surface area (Å²) in [5.41, 5.74) is 0.409. The van der Waals surface area contributed by atoms with E-state index in [4.69, 9.17) is 14.5 Å². The predicted molar refractivity (Wildman–Crippen MR) is 173 cm³/mol. The van der Waals surface area contributed by atoms with Gasteiger partial charge in [0.05, 0.1) is 41.0 Å². The Bertz CT molecular complexity index is 1930. The van der Waals surface area contributed by atoms with E-state index in [1.807, 2.05) is 0 Å². The molecule has 0 bridgehead atoms. The van der Waals surface area contributed by atoms with Crippen molar-refractivity contribution in [3.63, 3.8) is 0 Å². The van der Waals surface area contributed by atoms with E-state index >= 15 is 4.39 Å². The van der Waals surface area contributed by atoms with Crippen LogP contribution in [0.1, 0.15) is 37.7 Å². The fourth-order valence-electron chi connectivity index (χ4n) is 7.03. The third kappa shape index (κ3) is 4.65. The molecule has 13 heteroatoms. The van der Waals surface area contributed by atoms with Gasteiger partial charge in [-0.15, -0.1) is 11.3 Å². The van der Waals surface area contributed by atoms with Crippen LogP contribution >= 0.6 is 11.3 Å². The van der Waals surface area contributed by atoms with Crippen LogP contribution in [0.2, 0.25) is 0 Å². The molecule has 46 heavy (non-hydrogen) atoms. The topological polar surface area (TPSA) is 112 Å². The van der Waals surface area contributed by atoms with Crippen molar-refractivity contribution in [1.82, 2.24) is 24.8 Å². The van der Waals surface area contributed by atoms with Gasteiger partial charge in [-0.2, -0.15) is 15.2 Å². The minimum atomic E-state index is -0.701. The van der Waals surface area contributed by atoms with Gasteiger partial charge in [-0.05, 0) is 65.0 Å². The van der Waals surface area contributed by atoms with Crippen LogP contribution in [0.25, 0.3) is 32.2 Å². The monoisotopic (exact) mass is 644 g/mol. The maximum Gasteiger partial charge on any atom is 0.319 e. The van der Waals surface area contributed by atoms with Crippen LogP contribution in [0.4, 0.5) is 19.6 Å². The van der Waals surface area contributed by atoms with Gasteiger partial charge in [0.1, 0.15) is 33.9 Å². The quantitative estimate of drug-likeness (QED) is 0.211. The fourth-order valence-corrected chi connectivity index (χ4v) is 8.02. The number of rotatable bonds is 11. The van der Waals surface area contributed by atoms with Crippen LogP contribution in [-0.4, -0.2) is 96.1 Å². The molecule has 2 aliphatic heterocycles. The zero-order chi connectivity index (χ0) is 31.8. The molecule has 4 fully saturated rings. The average molecular weight is 645 g/mol. The van der Waals surface area contributed by atoms with Crippen molar-refractivity contribution < 1.29 is 18.3 Å². The number of benzene rings is 1. The van der Waals surface area contributed by atoms with E-state index < -0.39 is 11.6 Å². The average Bonchev–Trinajstić information content (AvgIpc) is 3.67. The lowest BCUT2D eigenvalue weighted by molar-refractivity contribution is -0.218. The third-order valence-corrected chi connectivity index (χ3v) is 11.7. The standard InChI is InChI=1S/C33H34F2N8O2S/c1-37-30-19(11-36)24-18(5-6-21(34)28(24)46-30)26-25(35)27-20(12-38-26)29(39-15-33(42(2)3)7-4-8-33)41-31(40-27)45-17-32(9-10-32)16-43-13-23-22(43)14-44-23/h5-6,12,22-23H,1,4,7-10,13-17H2,2-3H3,(H,39,40,41)/t22-,23?/m1/s1. The number of morpholine rings is 1. The summed E-state index contributed by atoms with van der Waals surface area (Å²) in [5, 5.41) is 14.3. The summed E-state index contributed by atoms with van der Waals surface area (Å²) in [7, 11) is 4.14. The normalized spacial score (nSPS) is 22.4. The summed E-state index contributed by atoms with van der Waals surface area (Å²) in [6, 6.07) is 5.39. The van der Waals surface area contributed by atoms with Gasteiger partial charge in [0.2, 0.25) is 0 Å². The Kier molecular flexibility index (Phi) is 6.99. The number of halogens is 2. The van der Waals surface area contributed by atoms with Gasteiger partial charge >= 0.3 is 6.01 Å². The van der Waals surface area contributed by atoms with Gasteiger partial charge in [0, 0.05) is 47.7 Å². The van der Waals surface area contributed by atoms with Crippen molar-refractivity contribution >= 4 is 49.9 Å². The van der Waals surface area contributed by atoms with Gasteiger partial charge < -0.3 is 19.7 Å². The first kappa shape index (κ1) is 29.6. The molecule has 2 atom stereocenters. The number of hydrogen-bond acceptors (Lipinski definition) is 11. The Morgan fingerprint density at radius 1 is 1.26 bits per heavy atom. The number of aromatic nitrogens is 3. The fraction of sp³-hybridized carbons (Fsp3) is 0.485. The highest BCUT2D eigenvalue weighted by atomic mass is 32.1. The minimum absolute atomic E-state index is 0.0220.